The molecule has 2 atom stereocenters. The lowest BCUT2D eigenvalue weighted by molar-refractivity contribution is 0.0512. The summed E-state index contributed by atoms with van der Waals surface area (Å²) in [6.45, 7) is 6.09. The number of aromatic amines is 1. The van der Waals surface area contributed by atoms with E-state index < -0.39 is 5.97 Å². The second-order valence-electron chi connectivity index (χ2n) is 4.01. The monoisotopic (exact) mass is 224 g/mol. The van der Waals surface area contributed by atoms with Gasteiger partial charge in [0.1, 0.15) is 5.82 Å². The van der Waals surface area contributed by atoms with Crippen LogP contribution in [0.1, 0.15) is 36.2 Å². The Morgan fingerprint density at radius 1 is 1.56 bits per heavy atom. The molecular weight excluding hydrogens is 208 g/mol. The first-order chi connectivity index (χ1) is 7.72. The van der Waals surface area contributed by atoms with Gasteiger partial charge in [-0.1, -0.05) is 6.92 Å². The van der Waals surface area contributed by atoms with Gasteiger partial charge in [0, 0.05) is 12.5 Å². The number of hydrogen-bond acceptors (Lipinski definition) is 5. The van der Waals surface area contributed by atoms with E-state index in [0.29, 0.717) is 18.4 Å². The Bertz CT molecular complexity index is 377. The molecule has 16 heavy (non-hydrogen) atoms. The van der Waals surface area contributed by atoms with Gasteiger partial charge in [-0.3, -0.25) is 5.10 Å². The minimum atomic E-state index is -0.469. The maximum absolute atomic E-state index is 11.4. The van der Waals surface area contributed by atoms with E-state index >= 15 is 0 Å². The number of carbonyl (C=O) groups excluding carboxylic acids is 1. The SMILES string of the molecule is CCOC(=O)c1n[nH]c(C2CNCC2C)n1. The molecule has 0 aromatic carbocycles. The summed E-state index contributed by atoms with van der Waals surface area (Å²) in [5.41, 5.74) is 0. The Morgan fingerprint density at radius 3 is 3.00 bits per heavy atom. The largest absolute Gasteiger partial charge is 0.460 e. The summed E-state index contributed by atoms with van der Waals surface area (Å²) in [4.78, 5) is 15.6. The van der Waals surface area contributed by atoms with Gasteiger partial charge in [-0.25, -0.2) is 9.78 Å². The molecule has 0 bridgehead atoms. The van der Waals surface area contributed by atoms with Gasteiger partial charge in [0.25, 0.3) is 5.82 Å². The molecule has 0 aliphatic carbocycles. The maximum atomic E-state index is 11.4. The van der Waals surface area contributed by atoms with Crippen LogP contribution in [0.3, 0.4) is 0 Å². The fourth-order valence-electron chi connectivity index (χ4n) is 1.90. The zero-order chi connectivity index (χ0) is 11.5. The number of carbonyl (C=O) groups is 1. The average molecular weight is 224 g/mol. The van der Waals surface area contributed by atoms with Crippen molar-refractivity contribution < 1.29 is 9.53 Å². The molecule has 1 aromatic heterocycles. The van der Waals surface area contributed by atoms with Crippen molar-refractivity contribution in [3.8, 4) is 0 Å². The molecule has 2 rings (SSSR count). The van der Waals surface area contributed by atoms with E-state index in [1.165, 1.54) is 0 Å². The zero-order valence-electron chi connectivity index (χ0n) is 9.49. The lowest BCUT2D eigenvalue weighted by atomic mass is 9.98. The van der Waals surface area contributed by atoms with Crippen LogP contribution in [-0.2, 0) is 4.74 Å². The summed E-state index contributed by atoms with van der Waals surface area (Å²) >= 11 is 0. The van der Waals surface area contributed by atoms with Crippen LogP contribution in [-0.4, -0.2) is 40.8 Å². The highest BCUT2D eigenvalue weighted by Crippen LogP contribution is 2.24. The van der Waals surface area contributed by atoms with Crippen molar-refractivity contribution in [1.29, 1.82) is 0 Å². The fourth-order valence-corrected chi connectivity index (χ4v) is 1.90. The van der Waals surface area contributed by atoms with Crippen LogP contribution in [0.5, 0.6) is 0 Å². The normalized spacial score (nSPS) is 24.6. The highest BCUT2D eigenvalue weighted by atomic mass is 16.5. The third-order valence-corrected chi connectivity index (χ3v) is 2.83. The molecule has 0 amide bonds. The number of hydrogen-bond donors (Lipinski definition) is 2. The first kappa shape index (κ1) is 11.1. The maximum Gasteiger partial charge on any atom is 0.378 e. The van der Waals surface area contributed by atoms with E-state index in [2.05, 4.69) is 27.4 Å². The van der Waals surface area contributed by atoms with Crippen LogP contribution in [0, 0.1) is 5.92 Å². The lowest BCUT2D eigenvalue weighted by Crippen LogP contribution is -2.10. The van der Waals surface area contributed by atoms with Crippen molar-refractivity contribution >= 4 is 5.97 Å². The van der Waals surface area contributed by atoms with Gasteiger partial charge < -0.3 is 10.1 Å². The van der Waals surface area contributed by atoms with Crippen LogP contribution in [0.25, 0.3) is 0 Å². The second kappa shape index (κ2) is 4.61. The van der Waals surface area contributed by atoms with Crippen molar-refractivity contribution in [2.24, 2.45) is 5.92 Å². The minimum absolute atomic E-state index is 0.121. The van der Waals surface area contributed by atoms with Crippen molar-refractivity contribution in [3.05, 3.63) is 11.6 Å². The number of H-pyrrole nitrogens is 1. The molecule has 2 N–H and O–H groups in total. The molecule has 1 fully saturated rings. The Balaban J connectivity index is 2.10. The molecular formula is C10H16N4O2. The number of aromatic nitrogens is 3. The molecule has 1 aliphatic rings. The third kappa shape index (κ3) is 2.06. The van der Waals surface area contributed by atoms with E-state index in [-0.39, 0.29) is 5.82 Å². The molecule has 0 radical (unpaired) electrons. The number of nitrogens with one attached hydrogen (secondary N) is 2. The average Bonchev–Trinajstić information content (AvgIpc) is 2.86. The van der Waals surface area contributed by atoms with E-state index in [0.717, 1.165) is 18.9 Å². The second-order valence-corrected chi connectivity index (χ2v) is 4.01. The number of rotatable bonds is 3. The van der Waals surface area contributed by atoms with Crippen LogP contribution in [0.4, 0.5) is 0 Å². The van der Waals surface area contributed by atoms with E-state index in [9.17, 15) is 4.79 Å². The summed E-state index contributed by atoms with van der Waals surface area (Å²) in [6, 6.07) is 0. The summed E-state index contributed by atoms with van der Waals surface area (Å²) in [5.74, 6) is 1.22. The van der Waals surface area contributed by atoms with Gasteiger partial charge in [-0.05, 0) is 19.4 Å². The topological polar surface area (TPSA) is 79.9 Å². The zero-order valence-corrected chi connectivity index (χ0v) is 9.49. The van der Waals surface area contributed by atoms with Gasteiger partial charge in [-0.15, -0.1) is 5.10 Å². The quantitative estimate of drug-likeness (QED) is 0.722. The predicted molar refractivity (Wildman–Crippen MR) is 57.1 cm³/mol. The summed E-state index contributed by atoms with van der Waals surface area (Å²) in [7, 11) is 0. The first-order valence-electron chi connectivity index (χ1n) is 5.52. The summed E-state index contributed by atoms with van der Waals surface area (Å²) < 4.78 is 4.83. The van der Waals surface area contributed by atoms with Gasteiger partial charge >= 0.3 is 5.97 Å². The predicted octanol–water partition coefficient (Wildman–Crippen LogP) is 0.304. The Morgan fingerprint density at radius 2 is 2.38 bits per heavy atom. The van der Waals surface area contributed by atoms with Crippen molar-refractivity contribution in [2.45, 2.75) is 19.8 Å². The number of esters is 1. The molecule has 0 saturated carbocycles. The first-order valence-corrected chi connectivity index (χ1v) is 5.52. The van der Waals surface area contributed by atoms with Crippen molar-refractivity contribution in [3.63, 3.8) is 0 Å². The summed E-state index contributed by atoms with van der Waals surface area (Å²) in [6.07, 6.45) is 0. The summed E-state index contributed by atoms with van der Waals surface area (Å²) in [5, 5.41) is 9.97. The highest BCUT2D eigenvalue weighted by Gasteiger charge is 2.28. The van der Waals surface area contributed by atoms with Crippen LogP contribution >= 0.6 is 0 Å². The molecule has 88 valence electrons. The molecule has 1 aromatic rings. The Labute approximate surface area is 93.8 Å². The van der Waals surface area contributed by atoms with E-state index in [1.807, 2.05) is 0 Å². The lowest BCUT2D eigenvalue weighted by Gasteiger charge is -2.09. The molecule has 2 unspecified atom stereocenters. The van der Waals surface area contributed by atoms with E-state index in [1.54, 1.807) is 6.92 Å². The minimum Gasteiger partial charge on any atom is -0.460 e. The Hall–Kier alpha value is -1.43. The molecule has 1 saturated heterocycles. The van der Waals surface area contributed by atoms with Crippen LogP contribution in [0.15, 0.2) is 0 Å². The number of ether oxygens (including phenoxy) is 1. The molecule has 1 aliphatic heterocycles. The Kier molecular flexibility index (Phi) is 3.19. The van der Waals surface area contributed by atoms with Gasteiger partial charge in [0.15, 0.2) is 0 Å². The van der Waals surface area contributed by atoms with Crippen LogP contribution < -0.4 is 5.32 Å². The van der Waals surface area contributed by atoms with Gasteiger partial charge in [-0.2, -0.15) is 0 Å². The molecule has 6 nitrogen and oxygen atoms in total. The van der Waals surface area contributed by atoms with Gasteiger partial charge in [0.2, 0.25) is 0 Å². The highest BCUT2D eigenvalue weighted by molar-refractivity contribution is 5.84. The standard InChI is InChI=1S/C10H16N4O2/c1-3-16-10(15)9-12-8(13-14-9)7-5-11-4-6(7)2/h6-7,11H,3-5H2,1-2H3,(H,12,13,14). The van der Waals surface area contributed by atoms with Crippen LogP contribution in [0.2, 0.25) is 0 Å². The molecule has 0 spiro atoms. The van der Waals surface area contributed by atoms with Gasteiger partial charge in [0.05, 0.1) is 6.61 Å². The van der Waals surface area contributed by atoms with Crippen molar-refractivity contribution in [2.75, 3.05) is 19.7 Å². The fraction of sp³-hybridized carbons (Fsp3) is 0.700. The molecule has 2 heterocycles. The van der Waals surface area contributed by atoms with Crippen molar-refractivity contribution in [1.82, 2.24) is 20.5 Å². The smallest absolute Gasteiger partial charge is 0.378 e. The number of nitrogens with zero attached hydrogens (tertiary/aromatic N) is 2. The third-order valence-electron chi connectivity index (χ3n) is 2.83. The van der Waals surface area contributed by atoms with E-state index in [4.69, 9.17) is 4.74 Å². The molecule has 6 heteroatoms.